The fourth-order valence-corrected chi connectivity index (χ4v) is 13.0. The Kier molecular flexibility index (Phi) is 9.15. The normalized spacial score (nSPS) is 12.7. The molecule has 2 aliphatic heterocycles. The summed E-state index contributed by atoms with van der Waals surface area (Å²) in [6.45, 7) is -0.231. The molecule has 17 rings (SSSR count). The number of aromatic nitrogens is 1. The van der Waals surface area contributed by atoms with Gasteiger partial charge in [0.25, 0.3) is 6.71 Å². The standard InChI is InChI=1S/C72H43BN2O3/c1-3-16-44(17-4-1)51-24-15-25-52(45-18-5-2-6-19-45)72(51)75-63-36-32-46(48-30-34-57-55-22-9-13-28-65(55)76-68(57)40-48)38-59(63)73-60-39-47(49-31-35-58-56-23-10-14-29-66(56)77-69(58)41-49)33-37-67(60)78-70-43-50(42-64(75)71(70)73)74-61-26-11-7-20-53(61)54-21-8-12-27-62(54)74/h1-43H. The fraction of sp³-hybridized carbons (Fsp3) is 0. The first kappa shape index (κ1) is 43.0. The molecule has 362 valence electrons. The minimum atomic E-state index is -0.231. The molecule has 78 heavy (non-hydrogen) atoms. The van der Waals surface area contributed by atoms with Crippen LogP contribution in [0.15, 0.2) is 270 Å². The van der Waals surface area contributed by atoms with Crippen molar-refractivity contribution in [2.45, 2.75) is 0 Å². The SMILES string of the molecule is c1ccc(-c2cccc(-c3ccccc3)c2N2c3ccc(-c4ccc5c(c4)oc4ccccc45)cc3B3c4cc(-c5ccc6c(c5)oc5ccccc56)ccc4Oc4cc(-n5c6ccccc6c6ccccc65)cc2c43)cc1. The molecule has 0 saturated heterocycles. The monoisotopic (exact) mass is 994 g/mol. The van der Waals surface area contributed by atoms with E-state index in [1.807, 2.05) is 24.3 Å². The first-order chi connectivity index (χ1) is 38.7. The van der Waals surface area contributed by atoms with Gasteiger partial charge in [0.15, 0.2) is 0 Å². The van der Waals surface area contributed by atoms with Crippen molar-refractivity contribution < 1.29 is 13.6 Å². The summed E-state index contributed by atoms with van der Waals surface area (Å²) in [4.78, 5) is 2.55. The van der Waals surface area contributed by atoms with Gasteiger partial charge < -0.3 is 23.0 Å². The molecule has 0 saturated carbocycles. The largest absolute Gasteiger partial charge is 0.458 e. The molecular weight excluding hydrogens is 952 g/mol. The number of furan rings is 2. The van der Waals surface area contributed by atoms with Crippen molar-refractivity contribution in [2.24, 2.45) is 0 Å². The van der Waals surface area contributed by atoms with Crippen molar-refractivity contribution in [1.29, 1.82) is 0 Å². The van der Waals surface area contributed by atoms with Gasteiger partial charge in [-0.25, -0.2) is 0 Å². The van der Waals surface area contributed by atoms with Crippen molar-refractivity contribution in [3.8, 4) is 61.7 Å². The molecule has 5 nitrogen and oxygen atoms in total. The van der Waals surface area contributed by atoms with Crippen LogP contribution in [0.4, 0.5) is 17.1 Å². The van der Waals surface area contributed by atoms with Gasteiger partial charge in [-0.1, -0.05) is 188 Å². The molecule has 6 heteroatoms. The quantitative estimate of drug-likeness (QED) is 0.156. The molecule has 3 aromatic heterocycles. The molecule has 0 unspecified atom stereocenters. The molecule has 5 heterocycles. The average Bonchev–Trinajstić information content (AvgIpc) is 4.31. The number of benzene rings is 12. The molecule has 15 aromatic rings. The molecule has 0 amide bonds. The van der Waals surface area contributed by atoms with Crippen LogP contribution in [0, 0.1) is 0 Å². The van der Waals surface area contributed by atoms with E-state index >= 15 is 0 Å². The van der Waals surface area contributed by atoms with E-state index in [1.54, 1.807) is 0 Å². The van der Waals surface area contributed by atoms with Gasteiger partial charge in [0.05, 0.1) is 22.4 Å². The van der Waals surface area contributed by atoms with Crippen LogP contribution in [-0.2, 0) is 0 Å². The summed E-state index contributed by atoms with van der Waals surface area (Å²) in [5, 5.41) is 6.85. The van der Waals surface area contributed by atoms with Crippen LogP contribution in [-0.4, -0.2) is 11.3 Å². The van der Waals surface area contributed by atoms with E-state index in [0.717, 1.165) is 145 Å². The fourth-order valence-electron chi connectivity index (χ4n) is 13.0. The van der Waals surface area contributed by atoms with Crippen LogP contribution >= 0.6 is 0 Å². The number of ether oxygens (including phenoxy) is 1. The average molecular weight is 995 g/mol. The third-order valence-corrected chi connectivity index (χ3v) is 16.4. The van der Waals surface area contributed by atoms with E-state index in [2.05, 4.69) is 246 Å². The molecule has 12 aromatic carbocycles. The summed E-state index contributed by atoms with van der Waals surface area (Å²) in [5.74, 6) is 1.65. The first-order valence-electron chi connectivity index (χ1n) is 26.7. The lowest BCUT2D eigenvalue weighted by atomic mass is 9.34. The highest BCUT2D eigenvalue weighted by atomic mass is 16.5. The molecule has 0 bridgehead atoms. The number of fused-ring (bicyclic) bond motifs is 13. The Balaban J connectivity index is 0.967. The first-order valence-corrected chi connectivity index (χ1v) is 26.7. The molecule has 2 aliphatic rings. The Morgan fingerprint density at radius 2 is 0.795 bits per heavy atom. The van der Waals surface area contributed by atoms with Gasteiger partial charge in [-0.2, -0.15) is 0 Å². The molecule has 0 fully saturated rings. The van der Waals surface area contributed by atoms with Gasteiger partial charge in [-0.3, -0.25) is 0 Å². The number of anilines is 3. The number of para-hydroxylation sites is 5. The van der Waals surface area contributed by atoms with Gasteiger partial charge in [0.2, 0.25) is 0 Å². The number of hydrogen-bond donors (Lipinski definition) is 0. The topological polar surface area (TPSA) is 43.7 Å². The second-order valence-electron chi connectivity index (χ2n) is 20.7. The van der Waals surface area contributed by atoms with E-state index < -0.39 is 0 Å². The highest BCUT2D eigenvalue weighted by molar-refractivity contribution is 6.99. The summed E-state index contributed by atoms with van der Waals surface area (Å²) in [5.41, 5.74) is 22.2. The van der Waals surface area contributed by atoms with E-state index in [4.69, 9.17) is 13.6 Å². The van der Waals surface area contributed by atoms with Gasteiger partial charge in [-0.05, 0) is 116 Å². The van der Waals surface area contributed by atoms with Crippen LogP contribution in [0.1, 0.15) is 0 Å². The predicted octanol–water partition coefficient (Wildman–Crippen LogP) is 17.7. The summed E-state index contributed by atoms with van der Waals surface area (Å²) in [6.07, 6.45) is 0. The molecule has 0 spiro atoms. The number of nitrogens with zero attached hydrogens (tertiary/aromatic N) is 2. The third kappa shape index (κ3) is 6.38. The number of hydrogen-bond acceptors (Lipinski definition) is 4. The Morgan fingerprint density at radius 3 is 1.40 bits per heavy atom. The van der Waals surface area contributed by atoms with Crippen molar-refractivity contribution >= 4 is 106 Å². The van der Waals surface area contributed by atoms with Gasteiger partial charge >= 0.3 is 0 Å². The summed E-state index contributed by atoms with van der Waals surface area (Å²) >= 11 is 0. The second kappa shape index (κ2) is 16.6. The zero-order valence-corrected chi connectivity index (χ0v) is 42.0. The lowest BCUT2D eigenvalue weighted by Crippen LogP contribution is -2.59. The minimum Gasteiger partial charge on any atom is -0.458 e. The molecule has 0 atom stereocenters. The second-order valence-corrected chi connectivity index (χ2v) is 20.7. The summed E-state index contributed by atoms with van der Waals surface area (Å²) in [6, 6.07) is 94.2. The summed E-state index contributed by atoms with van der Waals surface area (Å²) < 4.78 is 22.9. The Labute approximate surface area is 449 Å². The van der Waals surface area contributed by atoms with E-state index in [0.29, 0.717) is 0 Å². The van der Waals surface area contributed by atoms with Crippen LogP contribution < -0.4 is 26.0 Å². The van der Waals surface area contributed by atoms with Crippen LogP contribution in [0.2, 0.25) is 0 Å². The Morgan fingerprint density at radius 1 is 0.308 bits per heavy atom. The minimum absolute atomic E-state index is 0.231. The van der Waals surface area contributed by atoms with Crippen molar-refractivity contribution in [2.75, 3.05) is 4.90 Å². The van der Waals surface area contributed by atoms with Crippen molar-refractivity contribution in [1.82, 2.24) is 4.57 Å². The zero-order chi connectivity index (χ0) is 51.0. The molecule has 0 N–H and O–H groups in total. The van der Waals surface area contributed by atoms with Gasteiger partial charge in [0, 0.05) is 60.9 Å². The lowest BCUT2D eigenvalue weighted by Gasteiger charge is -2.42. The zero-order valence-electron chi connectivity index (χ0n) is 42.0. The predicted molar refractivity (Wildman–Crippen MR) is 323 cm³/mol. The smallest absolute Gasteiger partial charge is 0.256 e. The highest BCUT2D eigenvalue weighted by Crippen LogP contribution is 2.50. The van der Waals surface area contributed by atoms with Crippen molar-refractivity contribution in [3.05, 3.63) is 261 Å². The van der Waals surface area contributed by atoms with E-state index in [-0.39, 0.29) is 6.71 Å². The van der Waals surface area contributed by atoms with Crippen LogP contribution in [0.5, 0.6) is 11.5 Å². The Bertz CT molecular complexity index is 4860. The van der Waals surface area contributed by atoms with Crippen LogP contribution in [0.3, 0.4) is 0 Å². The maximum Gasteiger partial charge on any atom is 0.256 e. The summed E-state index contributed by atoms with van der Waals surface area (Å²) in [7, 11) is 0. The number of rotatable bonds is 6. The Hall–Kier alpha value is -10.3. The van der Waals surface area contributed by atoms with E-state index in [1.165, 1.54) is 16.2 Å². The molecular formula is C72H43BN2O3. The molecule has 0 aliphatic carbocycles. The maximum absolute atomic E-state index is 7.44. The lowest BCUT2D eigenvalue weighted by molar-refractivity contribution is 0.487. The maximum atomic E-state index is 7.44. The molecule has 0 radical (unpaired) electrons. The van der Waals surface area contributed by atoms with Gasteiger partial charge in [-0.15, -0.1) is 0 Å². The van der Waals surface area contributed by atoms with Crippen molar-refractivity contribution in [3.63, 3.8) is 0 Å². The van der Waals surface area contributed by atoms with Crippen LogP contribution in [0.25, 0.3) is 116 Å². The highest BCUT2D eigenvalue weighted by Gasteiger charge is 2.44. The van der Waals surface area contributed by atoms with Gasteiger partial charge in [0.1, 0.15) is 33.8 Å². The third-order valence-electron chi connectivity index (χ3n) is 16.4. The van der Waals surface area contributed by atoms with E-state index in [9.17, 15) is 0 Å².